The van der Waals surface area contributed by atoms with E-state index in [9.17, 15) is 18.0 Å². The summed E-state index contributed by atoms with van der Waals surface area (Å²) >= 11 is 0. The third-order valence-electron chi connectivity index (χ3n) is 4.28. The summed E-state index contributed by atoms with van der Waals surface area (Å²) < 4.78 is 42.5. The fourth-order valence-electron chi connectivity index (χ4n) is 2.91. The van der Waals surface area contributed by atoms with E-state index < -0.39 is 18.2 Å². The van der Waals surface area contributed by atoms with Crippen molar-refractivity contribution in [3.63, 3.8) is 0 Å². The molecular formula is C18H18F3N3O2. The maximum Gasteiger partial charge on any atom is 0.387 e. The maximum absolute atomic E-state index is 13.9. The molecule has 1 aliphatic heterocycles. The largest absolute Gasteiger partial charge is 0.432 e. The summed E-state index contributed by atoms with van der Waals surface area (Å²) in [5, 5.41) is 0. The Morgan fingerprint density at radius 1 is 1.15 bits per heavy atom. The summed E-state index contributed by atoms with van der Waals surface area (Å²) in [5.41, 5.74) is 1.90. The second kappa shape index (κ2) is 7.63. The summed E-state index contributed by atoms with van der Waals surface area (Å²) in [6, 6.07) is 7.43. The molecule has 0 radical (unpaired) electrons. The number of benzene rings is 1. The van der Waals surface area contributed by atoms with E-state index in [1.807, 2.05) is 12.1 Å². The monoisotopic (exact) mass is 365 g/mol. The first-order chi connectivity index (χ1) is 12.4. The Morgan fingerprint density at radius 3 is 2.50 bits per heavy atom. The number of nitrogens with zero attached hydrogens (tertiary/aromatic N) is 3. The van der Waals surface area contributed by atoms with Crippen molar-refractivity contribution in [1.82, 2.24) is 9.88 Å². The number of piperazine rings is 1. The van der Waals surface area contributed by atoms with Gasteiger partial charge in [-0.05, 0) is 30.3 Å². The Kier molecular flexibility index (Phi) is 5.29. The van der Waals surface area contributed by atoms with E-state index in [1.54, 1.807) is 18.0 Å². The van der Waals surface area contributed by atoms with Gasteiger partial charge in [-0.2, -0.15) is 8.78 Å². The van der Waals surface area contributed by atoms with Crippen molar-refractivity contribution in [1.29, 1.82) is 0 Å². The standard InChI is InChI=1S/C18H18F3N3O2/c1-12(25)23-6-8-24(9-7-23)14-4-5-22-16(11-14)13-2-3-17(15(19)10-13)26-18(20)21/h2-5,10-11,18H,6-9H2,1H3. The molecule has 26 heavy (non-hydrogen) atoms. The number of carbonyl (C=O) groups is 1. The first-order valence-electron chi connectivity index (χ1n) is 8.15. The molecule has 0 spiro atoms. The van der Waals surface area contributed by atoms with E-state index >= 15 is 0 Å². The Labute approximate surface area is 149 Å². The van der Waals surface area contributed by atoms with Gasteiger partial charge in [-0.15, -0.1) is 0 Å². The van der Waals surface area contributed by atoms with Crippen LogP contribution in [-0.4, -0.2) is 48.6 Å². The van der Waals surface area contributed by atoms with Gasteiger partial charge in [-0.3, -0.25) is 9.78 Å². The van der Waals surface area contributed by atoms with Gasteiger partial charge < -0.3 is 14.5 Å². The van der Waals surface area contributed by atoms with Crippen LogP contribution >= 0.6 is 0 Å². The van der Waals surface area contributed by atoms with Crippen molar-refractivity contribution >= 4 is 11.6 Å². The van der Waals surface area contributed by atoms with Crippen molar-refractivity contribution in [2.24, 2.45) is 0 Å². The predicted molar refractivity (Wildman–Crippen MR) is 90.7 cm³/mol. The normalized spacial score (nSPS) is 14.7. The van der Waals surface area contributed by atoms with Gasteiger partial charge in [0.25, 0.3) is 0 Å². The fraction of sp³-hybridized carbons (Fsp3) is 0.333. The van der Waals surface area contributed by atoms with Crippen LogP contribution in [0.15, 0.2) is 36.5 Å². The van der Waals surface area contributed by atoms with E-state index in [2.05, 4.69) is 14.6 Å². The highest BCUT2D eigenvalue weighted by Crippen LogP contribution is 2.28. The number of alkyl halides is 2. The molecular weight excluding hydrogens is 347 g/mol. The van der Waals surface area contributed by atoms with Crippen LogP contribution in [0.1, 0.15) is 6.92 Å². The Hall–Kier alpha value is -2.77. The Morgan fingerprint density at radius 2 is 1.88 bits per heavy atom. The number of pyridine rings is 1. The third kappa shape index (κ3) is 4.07. The quantitative estimate of drug-likeness (QED) is 0.835. The zero-order valence-corrected chi connectivity index (χ0v) is 14.2. The molecule has 5 nitrogen and oxygen atoms in total. The van der Waals surface area contributed by atoms with Crippen LogP contribution in [0.25, 0.3) is 11.3 Å². The molecule has 138 valence electrons. The molecule has 0 saturated carbocycles. The number of anilines is 1. The lowest BCUT2D eigenvalue weighted by molar-refractivity contribution is -0.129. The molecule has 1 amide bonds. The van der Waals surface area contributed by atoms with E-state index in [1.165, 1.54) is 6.07 Å². The summed E-state index contributed by atoms with van der Waals surface area (Å²) in [7, 11) is 0. The molecule has 0 N–H and O–H groups in total. The molecule has 1 aromatic carbocycles. The van der Waals surface area contributed by atoms with Crippen molar-refractivity contribution in [3.05, 3.63) is 42.3 Å². The number of carbonyl (C=O) groups excluding carboxylic acids is 1. The molecule has 2 heterocycles. The number of hydrogen-bond acceptors (Lipinski definition) is 4. The van der Waals surface area contributed by atoms with Crippen LogP contribution in [0, 0.1) is 5.82 Å². The molecule has 0 atom stereocenters. The topological polar surface area (TPSA) is 45.7 Å². The number of hydrogen-bond donors (Lipinski definition) is 0. The van der Waals surface area contributed by atoms with Gasteiger partial charge in [0.1, 0.15) is 0 Å². The summed E-state index contributed by atoms with van der Waals surface area (Å²) in [4.78, 5) is 19.6. The highest BCUT2D eigenvalue weighted by Gasteiger charge is 2.19. The zero-order valence-electron chi connectivity index (χ0n) is 14.2. The van der Waals surface area contributed by atoms with Crippen molar-refractivity contribution < 1.29 is 22.7 Å². The lowest BCUT2D eigenvalue weighted by Gasteiger charge is -2.35. The molecule has 8 heteroatoms. The van der Waals surface area contributed by atoms with Gasteiger partial charge in [0.05, 0.1) is 5.69 Å². The second-order valence-electron chi connectivity index (χ2n) is 5.92. The Balaban J connectivity index is 1.77. The van der Waals surface area contributed by atoms with Crippen LogP contribution in [0.5, 0.6) is 5.75 Å². The molecule has 0 bridgehead atoms. The second-order valence-corrected chi connectivity index (χ2v) is 5.92. The predicted octanol–water partition coefficient (Wildman–Crippen LogP) is 3.16. The van der Waals surface area contributed by atoms with E-state index in [-0.39, 0.29) is 5.91 Å². The minimum Gasteiger partial charge on any atom is -0.432 e. The van der Waals surface area contributed by atoms with Crippen LogP contribution in [0.3, 0.4) is 0 Å². The number of amides is 1. The lowest BCUT2D eigenvalue weighted by atomic mass is 10.1. The van der Waals surface area contributed by atoms with Crippen molar-refractivity contribution in [2.75, 3.05) is 31.1 Å². The first-order valence-corrected chi connectivity index (χ1v) is 8.15. The van der Waals surface area contributed by atoms with Crippen LogP contribution in [0.2, 0.25) is 0 Å². The molecule has 2 aromatic rings. The molecule has 1 fully saturated rings. The molecule has 3 rings (SSSR count). The van der Waals surface area contributed by atoms with E-state index in [4.69, 9.17) is 0 Å². The molecule has 1 aliphatic rings. The summed E-state index contributed by atoms with van der Waals surface area (Å²) in [6.07, 6.45) is 1.61. The van der Waals surface area contributed by atoms with Gasteiger partial charge in [-0.1, -0.05) is 0 Å². The average Bonchev–Trinajstić information content (AvgIpc) is 2.63. The van der Waals surface area contributed by atoms with Crippen LogP contribution in [-0.2, 0) is 4.79 Å². The molecule has 1 saturated heterocycles. The summed E-state index contributed by atoms with van der Waals surface area (Å²) in [5.74, 6) is -1.31. The van der Waals surface area contributed by atoms with Crippen molar-refractivity contribution in [2.45, 2.75) is 13.5 Å². The van der Waals surface area contributed by atoms with Gasteiger partial charge in [0.15, 0.2) is 11.6 Å². The highest BCUT2D eigenvalue weighted by molar-refractivity contribution is 5.73. The van der Waals surface area contributed by atoms with Gasteiger partial charge in [0.2, 0.25) is 5.91 Å². The van der Waals surface area contributed by atoms with Gasteiger partial charge in [0, 0.05) is 50.6 Å². The van der Waals surface area contributed by atoms with Crippen molar-refractivity contribution in [3.8, 4) is 17.0 Å². The van der Waals surface area contributed by atoms with Crippen LogP contribution in [0.4, 0.5) is 18.9 Å². The minimum atomic E-state index is -3.08. The smallest absolute Gasteiger partial charge is 0.387 e. The first kappa shape index (κ1) is 18.0. The minimum absolute atomic E-state index is 0.0571. The van der Waals surface area contributed by atoms with Crippen LogP contribution < -0.4 is 9.64 Å². The fourth-order valence-corrected chi connectivity index (χ4v) is 2.91. The SMILES string of the molecule is CC(=O)N1CCN(c2ccnc(-c3ccc(OC(F)F)c(F)c3)c2)CC1. The van der Waals surface area contributed by atoms with Gasteiger partial charge in [-0.25, -0.2) is 4.39 Å². The van der Waals surface area contributed by atoms with E-state index in [0.29, 0.717) is 37.4 Å². The zero-order chi connectivity index (χ0) is 18.7. The Bertz CT molecular complexity index is 793. The number of rotatable bonds is 4. The number of ether oxygens (including phenoxy) is 1. The molecule has 0 aliphatic carbocycles. The van der Waals surface area contributed by atoms with E-state index in [0.717, 1.165) is 17.8 Å². The maximum atomic E-state index is 13.9. The number of halogens is 3. The highest BCUT2D eigenvalue weighted by atomic mass is 19.3. The lowest BCUT2D eigenvalue weighted by Crippen LogP contribution is -2.48. The number of aromatic nitrogens is 1. The molecule has 0 unspecified atom stereocenters. The third-order valence-corrected chi connectivity index (χ3v) is 4.28. The summed E-state index contributed by atoms with van der Waals surface area (Å²) in [6.45, 7) is 1.14. The average molecular weight is 365 g/mol. The van der Waals surface area contributed by atoms with Gasteiger partial charge >= 0.3 is 6.61 Å². The molecule has 1 aromatic heterocycles.